The van der Waals surface area contributed by atoms with Crippen LogP contribution in [0.1, 0.15) is 35.6 Å². The Morgan fingerprint density at radius 3 is 1.91 bits per heavy atom. The van der Waals surface area contributed by atoms with Gasteiger partial charge in [0.15, 0.2) is 30.9 Å². The van der Waals surface area contributed by atoms with Crippen LogP contribution in [0.5, 0.6) is 11.5 Å². The average Bonchev–Trinajstić information content (AvgIpc) is 3.08. The number of nitrogens with zero attached hydrogens (tertiary/aromatic N) is 1. The lowest BCUT2D eigenvalue weighted by Gasteiger charge is -2.37. The van der Waals surface area contributed by atoms with Gasteiger partial charge < -0.3 is 28.4 Å². The van der Waals surface area contributed by atoms with Crippen molar-refractivity contribution in [2.24, 2.45) is 5.92 Å². The van der Waals surface area contributed by atoms with Gasteiger partial charge in [0, 0.05) is 20.1 Å². The highest BCUT2D eigenvalue weighted by molar-refractivity contribution is 5.92. The van der Waals surface area contributed by atoms with Crippen LogP contribution >= 0.6 is 0 Å². The smallest absolute Gasteiger partial charge is 0.189 e. The van der Waals surface area contributed by atoms with E-state index in [4.69, 9.17) is 28.4 Å². The Hall–Kier alpha value is -3.79. The quantitative estimate of drug-likeness (QED) is 0.0671. The molecule has 1 aliphatic rings. The largest absolute Gasteiger partial charge is 0.464 e. The molecule has 1 fully saturated rings. The van der Waals surface area contributed by atoms with Crippen LogP contribution in [0.2, 0.25) is 0 Å². The monoisotopic (exact) mass is 615 g/mol. The van der Waals surface area contributed by atoms with Gasteiger partial charge in [-0.3, -0.25) is 9.69 Å². The molecule has 0 spiro atoms. The molecule has 3 aromatic rings. The van der Waals surface area contributed by atoms with Crippen LogP contribution in [-0.4, -0.2) is 78.0 Å². The second kappa shape index (κ2) is 19.6. The average molecular weight is 616 g/mol. The van der Waals surface area contributed by atoms with Crippen LogP contribution < -0.4 is 9.47 Å². The third kappa shape index (κ3) is 11.3. The summed E-state index contributed by atoms with van der Waals surface area (Å²) in [5, 5.41) is 0. The fraction of sp³-hybridized carbons (Fsp3) is 0.378. The van der Waals surface area contributed by atoms with Gasteiger partial charge in [-0.05, 0) is 60.8 Å². The molecule has 4 rings (SSSR count). The minimum Gasteiger partial charge on any atom is -0.464 e. The Bertz CT molecular complexity index is 1280. The van der Waals surface area contributed by atoms with Crippen molar-refractivity contribution in [3.05, 3.63) is 114 Å². The van der Waals surface area contributed by atoms with Gasteiger partial charge in [0.25, 0.3) is 0 Å². The Morgan fingerprint density at radius 2 is 1.33 bits per heavy atom. The molecule has 1 aliphatic heterocycles. The fourth-order valence-electron chi connectivity index (χ4n) is 5.25. The first-order valence-electron chi connectivity index (χ1n) is 15.4. The number of hydrogen-bond acceptors (Lipinski definition) is 8. The van der Waals surface area contributed by atoms with E-state index in [0.717, 1.165) is 31.5 Å². The van der Waals surface area contributed by atoms with Gasteiger partial charge in [-0.1, -0.05) is 85.0 Å². The fourth-order valence-corrected chi connectivity index (χ4v) is 5.25. The summed E-state index contributed by atoms with van der Waals surface area (Å²) in [5.41, 5.74) is 3.45. The zero-order chi connectivity index (χ0) is 31.5. The molecule has 0 aromatic heterocycles. The number of likely N-dealkylation sites (tertiary alicyclic amines) is 1. The van der Waals surface area contributed by atoms with Crippen LogP contribution in [0, 0.1) is 5.92 Å². The van der Waals surface area contributed by atoms with Crippen LogP contribution in [0.3, 0.4) is 0 Å². The second-order valence-corrected chi connectivity index (χ2v) is 10.7. The van der Waals surface area contributed by atoms with Crippen LogP contribution in [0.4, 0.5) is 0 Å². The first-order valence-corrected chi connectivity index (χ1v) is 15.4. The van der Waals surface area contributed by atoms with E-state index in [1.165, 1.54) is 11.1 Å². The summed E-state index contributed by atoms with van der Waals surface area (Å²) in [6.45, 7) is 3.70. The topological polar surface area (TPSA) is 75.7 Å². The molecule has 0 saturated carbocycles. The van der Waals surface area contributed by atoms with Crippen LogP contribution in [0.15, 0.2) is 97.1 Å². The highest BCUT2D eigenvalue weighted by atomic mass is 16.7. The summed E-state index contributed by atoms with van der Waals surface area (Å²) >= 11 is 0. The predicted octanol–water partition coefficient (Wildman–Crippen LogP) is 6.33. The summed E-state index contributed by atoms with van der Waals surface area (Å²) in [6, 6.07) is 27.0. The van der Waals surface area contributed by atoms with E-state index in [-0.39, 0.29) is 31.3 Å². The van der Waals surface area contributed by atoms with Crippen molar-refractivity contribution in [1.29, 1.82) is 0 Å². The Labute approximate surface area is 267 Å². The molecule has 8 nitrogen and oxygen atoms in total. The van der Waals surface area contributed by atoms with Gasteiger partial charge in [0.2, 0.25) is 0 Å². The normalized spacial score (nSPS) is 14.5. The van der Waals surface area contributed by atoms with E-state index in [0.29, 0.717) is 37.9 Å². The molecule has 3 aromatic carbocycles. The van der Waals surface area contributed by atoms with E-state index in [1.54, 1.807) is 20.3 Å². The molecule has 0 amide bonds. The third-order valence-corrected chi connectivity index (χ3v) is 7.61. The lowest BCUT2D eigenvalue weighted by atomic mass is 9.89. The molecule has 0 aliphatic carbocycles. The van der Waals surface area contributed by atoms with Gasteiger partial charge in [0.05, 0.1) is 32.5 Å². The number of carbonyl (C=O) groups is 1. The first-order chi connectivity index (χ1) is 22.2. The van der Waals surface area contributed by atoms with Crippen LogP contribution in [0.25, 0.3) is 6.08 Å². The van der Waals surface area contributed by atoms with E-state index in [1.807, 2.05) is 36.4 Å². The number of methoxy groups -OCH3 is 2. The SMILES string of the molecule is COCCOCOc1ccc(/C=C/C=C/C(=O)C2CCN(C(c3ccccc3)c3ccccc3)CC2)cc1OCOCCOC. The van der Waals surface area contributed by atoms with Crippen molar-refractivity contribution in [2.45, 2.75) is 18.9 Å². The summed E-state index contributed by atoms with van der Waals surface area (Å²) in [7, 11) is 3.24. The lowest BCUT2D eigenvalue weighted by Crippen LogP contribution is -2.39. The van der Waals surface area contributed by atoms with Gasteiger partial charge in [-0.2, -0.15) is 0 Å². The maximum Gasteiger partial charge on any atom is 0.189 e. The van der Waals surface area contributed by atoms with Crippen molar-refractivity contribution < 1.29 is 33.2 Å². The zero-order valence-corrected chi connectivity index (χ0v) is 26.3. The van der Waals surface area contributed by atoms with Crippen molar-refractivity contribution in [3.8, 4) is 11.5 Å². The van der Waals surface area contributed by atoms with E-state index < -0.39 is 0 Å². The first kappa shape index (κ1) is 34.1. The zero-order valence-electron chi connectivity index (χ0n) is 26.3. The number of benzene rings is 3. The van der Waals surface area contributed by atoms with E-state index in [2.05, 4.69) is 65.6 Å². The standard InChI is InChI=1S/C37H45NO7/c1-40-23-25-42-28-44-35-18-17-30(27-36(35)45-29-43-26-24-41-2)11-9-10-16-34(39)31-19-21-38(22-20-31)37(32-12-5-3-6-13-32)33-14-7-4-8-15-33/h3-18,27,31,37H,19-26,28-29H2,1-2H3/b11-9+,16-10+. The number of allylic oxidation sites excluding steroid dienone is 3. The van der Waals surface area contributed by atoms with Gasteiger partial charge in [-0.15, -0.1) is 0 Å². The van der Waals surface area contributed by atoms with Gasteiger partial charge in [0.1, 0.15) is 0 Å². The predicted molar refractivity (Wildman–Crippen MR) is 175 cm³/mol. The second-order valence-electron chi connectivity index (χ2n) is 10.7. The van der Waals surface area contributed by atoms with Crippen molar-refractivity contribution in [1.82, 2.24) is 4.90 Å². The molecule has 1 heterocycles. The maximum absolute atomic E-state index is 13.1. The number of hydrogen-bond donors (Lipinski definition) is 0. The number of carbonyl (C=O) groups excluding carboxylic acids is 1. The summed E-state index contributed by atoms with van der Waals surface area (Å²) in [4.78, 5) is 15.6. The molecule has 0 atom stereocenters. The molecular weight excluding hydrogens is 570 g/mol. The summed E-state index contributed by atoms with van der Waals surface area (Å²) < 4.78 is 32.4. The Balaban J connectivity index is 1.31. The number of ketones is 1. The van der Waals surface area contributed by atoms with Crippen LogP contribution in [-0.2, 0) is 23.7 Å². The number of piperidine rings is 1. The minimum absolute atomic E-state index is 0.0266. The summed E-state index contributed by atoms with van der Waals surface area (Å²) in [6.07, 6.45) is 8.98. The number of rotatable bonds is 19. The highest BCUT2D eigenvalue weighted by Crippen LogP contribution is 2.33. The third-order valence-electron chi connectivity index (χ3n) is 7.61. The summed E-state index contributed by atoms with van der Waals surface area (Å²) in [5.74, 6) is 1.27. The molecule has 240 valence electrons. The number of ether oxygens (including phenoxy) is 6. The highest BCUT2D eigenvalue weighted by Gasteiger charge is 2.29. The molecule has 45 heavy (non-hydrogen) atoms. The maximum atomic E-state index is 13.1. The van der Waals surface area contributed by atoms with Crippen molar-refractivity contribution >= 4 is 11.9 Å². The molecule has 0 radical (unpaired) electrons. The molecule has 0 N–H and O–H groups in total. The van der Waals surface area contributed by atoms with Crippen molar-refractivity contribution in [2.75, 3.05) is 67.3 Å². The van der Waals surface area contributed by atoms with E-state index >= 15 is 0 Å². The Morgan fingerprint density at radius 1 is 0.756 bits per heavy atom. The molecule has 0 unspecified atom stereocenters. The molecular formula is C37H45NO7. The minimum atomic E-state index is 0.0266. The molecule has 1 saturated heterocycles. The van der Waals surface area contributed by atoms with Gasteiger partial charge in [-0.25, -0.2) is 0 Å². The Kier molecular flexibility index (Phi) is 14.8. The van der Waals surface area contributed by atoms with Gasteiger partial charge >= 0.3 is 0 Å². The van der Waals surface area contributed by atoms with E-state index in [9.17, 15) is 4.79 Å². The molecule has 8 heteroatoms. The lowest BCUT2D eigenvalue weighted by molar-refractivity contribution is -0.119. The van der Waals surface area contributed by atoms with Crippen molar-refractivity contribution in [3.63, 3.8) is 0 Å². The molecule has 0 bridgehead atoms.